The summed E-state index contributed by atoms with van der Waals surface area (Å²) in [6.45, 7) is 0. The molecule has 3 saturated carbocycles. The predicted octanol–water partition coefficient (Wildman–Crippen LogP) is 37.2. The van der Waals surface area contributed by atoms with Crippen molar-refractivity contribution in [3.05, 3.63) is 567 Å². The van der Waals surface area contributed by atoms with E-state index in [1.165, 1.54) is 121 Å². The van der Waals surface area contributed by atoms with Gasteiger partial charge in [-0.15, -0.1) is 0 Å². The fraction of sp³-hybridized carbons (Fsp3) is 0.129. The summed E-state index contributed by atoms with van der Waals surface area (Å²) in [5, 5.41) is 0. The number of anilines is 9. The SMILES string of the molecule is c1ccc(-c2cc(-c3ccc(C4(c5ccc(N(c6ccccc6)c6ccccc6)cc5)CCCCC4)cc3)cc(-c3ccccc3)n2)cc1.c1ccc(-c2cc(-c3ccc(C4(c5ccc(N(c6ccccc6)c6ccccc6)cc5)CCCCC4)cc3)nc(-c3ccccc3)n2)cc1.c1ccc(-c2cc(-c3ccccc3)nc(-c3ccc(C4(c5ccc(N(c6ccccc6)c6ccccc6)cc5)CCCCC4)cc3)n2)cc1. The molecule has 3 fully saturated rings. The second-order valence-corrected chi connectivity index (χ2v) is 39.1. The highest BCUT2D eigenvalue weighted by molar-refractivity contribution is 5.83. The quantitative estimate of drug-likeness (QED) is 0.0592. The van der Waals surface area contributed by atoms with Crippen molar-refractivity contribution in [2.24, 2.45) is 0 Å². The highest BCUT2D eigenvalue weighted by atomic mass is 15.2. The zero-order valence-corrected chi connectivity index (χ0v) is 83.0. The van der Waals surface area contributed by atoms with Gasteiger partial charge in [-0.05, 0) is 216 Å². The lowest BCUT2D eigenvalue weighted by atomic mass is 9.65. The third kappa shape index (κ3) is 21.1. The molecule has 3 aromatic heterocycles. The van der Waals surface area contributed by atoms with Gasteiger partial charge in [0.05, 0.1) is 34.2 Å². The summed E-state index contributed by atoms with van der Waals surface area (Å²) in [7, 11) is 0. The maximum Gasteiger partial charge on any atom is 0.160 e. The Balaban J connectivity index is 0.000000125. The van der Waals surface area contributed by atoms with Gasteiger partial charge in [0.2, 0.25) is 0 Å². The number of benzene rings is 18. The Labute approximate surface area is 866 Å². The van der Waals surface area contributed by atoms with Crippen LogP contribution in [0.1, 0.15) is 130 Å². The van der Waals surface area contributed by atoms with Gasteiger partial charge in [0.25, 0.3) is 0 Å². The van der Waals surface area contributed by atoms with Crippen molar-refractivity contribution in [3.8, 4) is 101 Å². The summed E-state index contributed by atoms with van der Waals surface area (Å²) in [5.74, 6) is 1.49. The van der Waals surface area contributed by atoms with E-state index in [4.69, 9.17) is 24.9 Å². The Morgan fingerprint density at radius 1 is 0.129 bits per heavy atom. The van der Waals surface area contributed by atoms with Crippen LogP contribution in [-0.4, -0.2) is 24.9 Å². The van der Waals surface area contributed by atoms with Gasteiger partial charge >= 0.3 is 0 Å². The lowest BCUT2D eigenvalue weighted by Crippen LogP contribution is -2.30. The van der Waals surface area contributed by atoms with E-state index in [1.54, 1.807) is 0 Å². The molecule has 0 saturated heterocycles. The minimum absolute atomic E-state index is 0.00226. The molecule has 24 rings (SSSR count). The van der Waals surface area contributed by atoms with Crippen LogP contribution in [0, 0.1) is 0 Å². The van der Waals surface area contributed by atoms with E-state index < -0.39 is 0 Å². The molecular formula is C139H118N8. The van der Waals surface area contributed by atoms with E-state index >= 15 is 0 Å². The second-order valence-electron chi connectivity index (χ2n) is 39.1. The van der Waals surface area contributed by atoms with E-state index in [9.17, 15) is 0 Å². The summed E-state index contributed by atoms with van der Waals surface area (Å²) in [6.07, 6.45) is 18.2. The molecule has 3 heterocycles. The highest BCUT2D eigenvalue weighted by Crippen LogP contribution is 2.52. The minimum atomic E-state index is -0.0262. The van der Waals surface area contributed by atoms with Crippen LogP contribution in [0.5, 0.6) is 0 Å². The van der Waals surface area contributed by atoms with Crippen molar-refractivity contribution >= 4 is 51.2 Å². The Kier molecular flexibility index (Phi) is 28.7. The molecule has 0 aliphatic heterocycles. The van der Waals surface area contributed by atoms with Crippen LogP contribution >= 0.6 is 0 Å². The number of hydrogen-bond acceptors (Lipinski definition) is 8. The first-order valence-electron chi connectivity index (χ1n) is 52.3. The molecular weight excluding hydrogens is 1780 g/mol. The first-order chi connectivity index (χ1) is 72.8. The number of para-hydroxylation sites is 6. The fourth-order valence-corrected chi connectivity index (χ4v) is 22.5. The van der Waals surface area contributed by atoms with E-state index in [0.29, 0.717) is 0 Å². The van der Waals surface area contributed by atoms with Crippen molar-refractivity contribution in [2.75, 3.05) is 14.7 Å². The molecule has 714 valence electrons. The van der Waals surface area contributed by atoms with E-state index in [-0.39, 0.29) is 16.2 Å². The molecule has 0 spiro atoms. The van der Waals surface area contributed by atoms with Crippen LogP contribution in [0.15, 0.2) is 534 Å². The molecule has 0 bridgehead atoms. The van der Waals surface area contributed by atoms with E-state index in [1.807, 2.05) is 36.4 Å². The van der Waals surface area contributed by atoms with Crippen LogP contribution < -0.4 is 14.7 Å². The Hall–Kier alpha value is -17.3. The van der Waals surface area contributed by atoms with Crippen LogP contribution in [-0.2, 0) is 16.2 Å². The zero-order chi connectivity index (χ0) is 98.7. The molecule has 147 heavy (non-hydrogen) atoms. The van der Waals surface area contributed by atoms with Crippen molar-refractivity contribution in [3.63, 3.8) is 0 Å². The minimum Gasteiger partial charge on any atom is -0.311 e. The number of aromatic nitrogens is 5. The van der Waals surface area contributed by atoms with Crippen LogP contribution in [0.2, 0.25) is 0 Å². The summed E-state index contributed by atoms with van der Waals surface area (Å²) in [5.41, 5.74) is 35.5. The van der Waals surface area contributed by atoms with Gasteiger partial charge in [-0.25, -0.2) is 24.9 Å². The summed E-state index contributed by atoms with van der Waals surface area (Å²) in [6, 6.07) is 191. The summed E-state index contributed by atoms with van der Waals surface area (Å²) < 4.78 is 0. The van der Waals surface area contributed by atoms with Gasteiger partial charge in [-0.2, -0.15) is 0 Å². The molecule has 3 aliphatic carbocycles. The molecule has 3 aliphatic rings. The van der Waals surface area contributed by atoms with Crippen molar-refractivity contribution in [1.29, 1.82) is 0 Å². The maximum atomic E-state index is 5.10. The first kappa shape index (κ1) is 94.6. The molecule has 18 aromatic carbocycles. The lowest BCUT2D eigenvalue weighted by molar-refractivity contribution is 0.346. The summed E-state index contributed by atoms with van der Waals surface area (Å²) >= 11 is 0. The standard InChI is InChI=1S/C47H40N2.2C46H39N3/c1-6-16-37(17-7-1)45-34-39(35-46(48-45)38-18-8-2-9-19-38)36-24-26-40(27-25-36)47(32-14-5-15-33-47)41-28-30-44(31-29-41)49(42-20-10-3-11-21-42)43-22-12-4-13-23-43;1-6-16-35(17-7-1)43-34-44(48-45(47-43)37-18-8-2-9-19-37)36-24-26-38(27-25-36)46(32-14-5-15-33-46)39-28-30-42(31-29-39)49(40-20-10-3-11-21-40)41-22-12-4-13-23-41;1-6-16-35(17-7-1)43-34-44(36-18-8-2-9-19-36)48-45(47-43)37-24-26-38(27-25-37)46(32-14-5-15-33-46)39-28-30-42(31-29-39)49(40-20-10-3-11-21-40)41-22-12-4-13-23-41/h1-4,6-13,16-31,34-35H,5,14-15,32-33H2;2*1-4,6-13,16-31,34H,5,14-15,32-33H2. The van der Waals surface area contributed by atoms with Crippen molar-refractivity contribution in [2.45, 2.75) is 113 Å². The van der Waals surface area contributed by atoms with Crippen molar-refractivity contribution < 1.29 is 0 Å². The van der Waals surface area contributed by atoms with Crippen LogP contribution in [0.25, 0.3) is 101 Å². The predicted molar refractivity (Wildman–Crippen MR) is 612 cm³/mol. The molecule has 0 amide bonds. The molecule has 8 heteroatoms. The molecule has 8 nitrogen and oxygen atoms in total. The third-order valence-electron chi connectivity index (χ3n) is 30.1. The van der Waals surface area contributed by atoms with Gasteiger partial charge in [0, 0.05) is 112 Å². The van der Waals surface area contributed by atoms with Crippen molar-refractivity contribution in [1.82, 2.24) is 24.9 Å². The average Bonchev–Trinajstić information content (AvgIpc) is 0.763. The number of pyridine rings is 1. The summed E-state index contributed by atoms with van der Waals surface area (Å²) in [4.78, 5) is 32.3. The van der Waals surface area contributed by atoms with Gasteiger partial charge in [-0.3, -0.25) is 0 Å². The van der Waals surface area contributed by atoms with Gasteiger partial charge in [-0.1, -0.05) is 458 Å². The van der Waals surface area contributed by atoms with Crippen LogP contribution in [0.3, 0.4) is 0 Å². The molecule has 0 unspecified atom stereocenters. The molecule has 0 N–H and O–H groups in total. The monoisotopic (exact) mass is 1900 g/mol. The topological polar surface area (TPSA) is 74.2 Å². The molecule has 0 atom stereocenters. The molecule has 0 radical (unpaired) electrons. The third-order valence-corrected chi connectivity index (χ3v) is 30.1. The fourth-order valence-electron chi connectivity index (χ4n) is 22.5. The second kappa shape index (κ2) is 44.7. The maximum absolute atomic E-state index is 5.10. The van der Waals surface area contributed by atoms with E-state index in [0.717, 1.165) is 162 Å². The van der Waals surface area contributed by atoms with Gasteiger partial charge < -0.3 is 14.7 Å². The van der Waals surface area contributed by atoms with Gasteiger partial charge in [0.1, 0.15) is 0 Å². The Morgan fingerprint density at radius 2 is 0.293 bits per heavy atom. The highest BCUT2D eigenvalue weighted by Gasteiger charge is 2.40. The Bertz CT molecular complexity index is 6760. The van der Waals surface area contributed by atoms with E-state index in [2.05, 4.69) is 512 Å². The largest absolute Gasteiger partial charge is 0.311 e. The Morgan fingerprint density at radius 3 is 0.517 bits per heavy atom. The lowest BCUT2D eigenvalue weighted by Gasteiger charge is -2.39. The number of hydrogen-bond donors (Lipinski definition) is 0. The van der Waals surface area contributed by atoms with Gasteiger partial charge in [0.15, 0.2) is 11.6 Å². The number of rotatable bonds is 24. The number of nitrogens with zero attached hydrogens (tertiary/aromatic N) is 8. The smallest absolute Gasteiger partial charge is 0.160 e. The van der Waals surface area contributed by atoms with Crippen LogP contribution in [0.4, 0.5) is 51.2 Å². The first-order valence-corrected chi connectivity index (χ1v) is 52.3. The zero-order valence-electron chi connectivity index (χ0n) is 83.0. The molecule has 21 aromatic rings. The normalized spacial score (nSPS) is 13.9. The average molecular weight is 1900 g/mol.